The molecule has 0 radical (unpaired) electrons. The van der Waals surface area contributed by atoms with Crippen LogP contribution in [-0.4, -0.2) is 18.5 Å². The summed E-state index contributed by atoms with van der Waals surface area (Å²) in [4.78, 5) is 12.2. The van der Waals surface area contributed by atoms with Crippen molar-refractivity contribution in [1.29, 1.82) is 0 Å². The van der Waals surface area contributed by atoms with E-state index in [2.05, 4.69) is 26.6 Å². The Morgan fingerprint density at radius 3 is 3.06 bits per heavy atom. The Kier molecular flexibility index (Phi) is 4.78. The van der Waals surface area contributed by atoms with Gasteiger partial charge >= 0.3 is 0 Å². The van der Waals surface area contributed by atoms with Crippen molar-refractivity contribution in [1.82, 2.24) is 5.32 Å². The van der Waals surface area contributed by atoms with Crippen LogP contribution in [0.2, 0.25) is 0 Å². The second kappa shape index (κ2) is 6.34. The van der Waals surface area contributed by atoms with Crippen LogP contribution >= 0.6 is 15.9 Å². The minimum absolute atomic E-state index is 0.0501. The van der Waals surface area contributed by atoms with Crippen molar-refractivity contribution in [3.05, 3.63) is 28.2 Å². The molecule has 1 heterocycles. The van der Waals surface area contributed by atoms with Gasteiger partial charge in [0.1, 0.15) is 0 Å². The molecule has 1 fully saturated rings. The first-order valence-electron chi connectivity index (χ1n) is 6.48. The smallest absolute Gasteiger partial charge is 0.241 e. The first kappa shape index (κ1) is 13.6. The Labute approximate surface area is 116 Å². The molecule has 1 aliphatic heterocycles. The third-order valence-corrected chi connectivity index (χ3v) is 4.26. The maximum atomic E-state index is 12.2. The molecular formula is C14H19BrN2O. The number of hydrogen-bond acceptors (Lipinski definition) is 2. The molecule has 1 amide bonds. The normalized spacial score (nSPS) is 20.2. The van der Waals surface area contributed by atoms with Crippen molar-refractivity contribution in [3.8, 4) is 0 Å². The number of amides is 1. The second-order valence-electron chi connectivity index (χ2n) is 4.76. The predicted octanol–water partition coefficient (Wildman–Crippen LogP) is 3.23. The first-order chi connectivity index (χ1) is 8.68. The molecule has 1 aromatic rings. The number of nitrogens with one attached hydrogen (secondary N) is 2. The number of rotatable bonds is 2. The number of halogens is 1. The fourth-order valence-corrected chi connectivity index (χ4v) is 2.58. The van der Waals surface area contributed by atoms with Crippen LogP contribution in [-0.2, 0) is 4.79 Å². The van der Waals surface area contributed by atoms with E-state index in [0.717, 1.165) is 35.1 Å². The van der Waals surface area contributed by atoms with E-state index in [-0.39, 0.29) is 11.9 Å². The zero-order valence-corrected chi connectivity index (χ0v) is 12.2. The monoisotopic (exact) mass is 310 g/mol. The lowest BCUT2D eigenvalue weighted by molar-refractivity contribution is -0.118. The summed E-state index contributed by atoms with van der Waals surface area (Å²) in [6, 6.07) is 5.81. The molecule has 1 saturated heterocycles. The average Bonchev–Trinajstić information content (AvgIpc) is 2.63. The van der Waals surface area contributed by atoms with Crippen LogP contribution in [0.15, 0.2) is 22.7 Å². The molecule has 1 unspecified atom stereocenters. The van der Waals surface area contributed by atoms with E-state index < -0.39 is 0 Å². The van der Waals surface area contributed by atoms with Crippen LogP contribution in [0.4, 0.5) is 5.69 Å². The SMILES string of the molecule is Cc1c(Br)cccc1NC(=O)C1CCCCCN1. The highest BCUT2D eigenvalue weighted by Crippen LogP contribution is 2.23. The molecule has 0 saturated carbocycles. The van der Waals surface area contributed by atoms with Crippen LogP contribution in [0, 0.1) is 6.92 Å². The molecule has 1 aliphatic rings. The predicted molar refractivity (Wildman–Crippen MR) is 77.8 cm³/mol. The van der Waals surface area contributed by atoms with Gasteiger partial charge in [0.15, 0.2) is 0 Å². The van der Waals surface area contributed by atoms with E-state index in [9.17, 15) is 4.79 Å². The highest BCUT2D eigenvalue weighted by molar-refractivity contribution is 9.10. The van der Waals surface area contributed by atoms with E-state index in [0.29, 0.717) is 0 Å². The van der Waals surface area contributed by atoms with E-state index in [1.165, 1.54) is 12.8 Å². The fraction of sp³-hybridized carbons (Fsp3) is 0.500. The quantitative estimate of drug-likeness (QED) is 0.880. The van der Waals surface area contributed by atoms with Crippen molar-refractivity contribution in [3.63, 3.8) is 0 Å². The standard InChI is InChI=1S/C14H19BrN2O/c1-10-11(15)6-5-8-12(10)17-14(18)13-7-3-2-4-9-16-13/h5-6,8,13,16H,2-4,7,9H2,1H3,(H,17,18). The fourth-order valence-electron chi connectivity index (χ4n) is 2.22. The average molecular weight is 311 g/mol. The summed E-state index contributed by atoms with van der Waals surface area (Å²) in [5.74, 6) is 0.0816. The lowest BCUT2D eigenvalue weighted by atomic mass is 10.1. The molecule has 1 aromatic carbocycles. The van der Waals surface area contributed by atoms with Gasteiger partial charge in [-0.15, -0.1) is 0 Å². The zero-order chi connectivity index (χ0) is 13.0. The summed E-state index contributed by atoms with van der Waals surface area (Å²) in [6.07, 6.45) is 4.44. The minimum Gasteiger partial charge on any atom is -0.324 e. The van der Waals surface area contributed by atoms with Gasteiger partial charge in [0.25, 0.3) is 0 Å². The molecule has 18 heavy (non-hydrogen) atoms. The van der Waals surface area contributed by atoms with Gasteiger partial charge in [0.05, 0.1) is 6.04 Å². The van der Waals surface area contributed by atoms with Crippen LogP contribution in [0.25, 0.3) is 0 Å². The second-order valence-corrected chi connectivity index (χ2v) is 5.61. The molecule has 0 aliphatic carbocycles. The molecule has 0 aromatic heterocycles. The maximum absolute atomic E-state index is 12.2. The van der Waals surface area contributed by atoms with Crippen molar-refractivity contribution >= 4 is 27.5 Å². The Morgan fingerprint density at radius 2 is 2.22 bits per heavy atom. The van der Waals surface area contributed by atoms with Crippen molar-refractivity contribution < 1.29 is 4.79 Å². The first-order valence-corrected chi connectivity index (χ1v) is 7.27. The van der Waals surface area contributed by atoms with E-state index in [4.69, 9.17) is 0 Å². The highest BCUT2D eigenvalue weighted by Gasteiger charge is 2.20. The van der Waals surface area contributed by atoms with Crippen molar-refractivity contribution in [2.24, 2.45) is 0 Å². The van der Waals surface area contributed by atoms with Crippen LogP contribution in [0.1, 0.15) is 31.2 Å². The third-order valence-electron chi connectivity index (χ3n) is 3.40. The van der Waals surface area contributed by atoms with Gasteiger partial charge in [0.2, 0.25) is 5.91 Å². The summed E-state index contributed by atoms with van der Waals surface area (Å²) in [5, 5.41) is 6.33. The molecule has 2 rings (SSSR count). The molecule has 98 valence electrons. The van der Waals surface area contributed by atoms with E-state index in [1.807, 2.05) is 25.1 Å². The van der Waals surface area contributed by atoms with Crippen LogP contribution in [0.5, 0.6) is 0 Å². The zero-order valence-electron chi connectivity index (χ0n) is 10.6. The summed E-state index contributed by atoms with van der Waals surface area (Å²) >= 11 is 3.48. The highest BCUT2D eigenvalue weighted by atomic mass is 79.9. The van der Waals surface area contributed by atoms with Crippen LogP contribution < -0.4 is 10.6 Å². The van der Waals surface area contributed by atoms with Gasteiger partial charge in [-0.05, 0) is 44.0 Å². The molecular weight excluding hydrogens is 292 g/mol. The molecule has 1 atom stereocenters. The topological polar surface area (TPSA) is 41.1 Å². The summed E-state index contributed by atoms with van der Waals surface area (Å²) in [6.45, 7) is 2.94. The van der Waals surface area contributed by atoms with Gasteiger partial charge in [-0.3, -0.25) is 4.79 Å². The lowest BCUT2D eigenvalue weighted by Gasteiger charge is -2.17. The van der Waals surface area contributed by atoms with Gasteiger partial charge in [-0.25, -0.2) is 0 Å². The van der Waals surface area contributed by atoms with E-state index >= 15 is 0 Å². The lowest BCUT2D eigenvalue weighted by Crippen LogP contribution is -2.39. The summed E-state index contributed by atoms with van der Waals surface area (Å²) in [7, 11) is 0. The summed E-state index contributed by atoms with van der Waals surface area (Å²) in [5.41, 5.74) is 1.96. The molecule has 0 spiro atoms. The number of anilines is 1. The number of hydrogen-bond donors (Lipinski definition) is 2. The Morgan fingerprint density at radius 1 is 1.39 bits per heavy atom. The minimum atomic E-state index is -0.0501. The molecule has 0 bridgehead atoms. The third kappa shape index (κ3) is 3.33. The molecule has 4 heteroatoms. The molecule has 3 nitrogen and oxygen atoms in total. The largest absolute Gasteiger partial charge is 0.324 e. The number of carbonyl (C=O) groups excluding carboxylic acids is 1. The number of benzene rings is 1. The van der Waals surface area contributed by atoms with Crippen LogP contribution in [0.3, 0.4) is 0 Å². The van der Waals surface area contributed by atoms with E-state index in [1.54, 1.807) is 0 Å². The van der Waals surface area contributed by atoms with Gasteiger partial charge < -0.3 is 10.6 Å². The maximum Gasteiger partial charge on any atom is 0.241 e. The summed E-state index contributed by atoms with van der Waals surface area (Å²) < 4.78 is 1.02. The van der Waals surface area contributed by atoms with Crippen molar-refractivity contribution in [2.75, 3.05) is 11.9 Å². The van der Waals surface area contributed by atoms with Gasteiger partial charge in [-0.1, -0.05) is 34.8 Å². The Hall–Kier alpha value is -0.870. The van der Waals surface area contributed by atoms with Crippen molar-refractivity contribution in [2.45, 2.75) is 38.6 Å². The van der Waals surface area contributed by atoms with Gasteiger partial charge in [-0.2, -0.15) is 0 Å². The van der Waals surface area contributed by atoms with Gasteiger partial charge in [0, 0.05) is 10.2 Å². The Balaban J connectivity index is 2.03. The molecule has 2 N–H and O–H groups in total. The Bertz CT molecular complexity index is 426. The number of carbonyl (C=O) groups is 1.